The smallest absolute Gasteiger partial charge is 0.238 e. The lowest BCUT2D eigenvalue weighted by Gasteiger charge is -2.18. The van der Waals surface area contributed by atoms with Crippen LogP contribution in [0.5, 0.6) is 0 Å². The minimum atomic E-state index is -0.113. The molecule has 0 saturated heterocycles. The van der Waals surface area contributed by atoms with Crippen molar-refractivity contribution in [2.45, 2.75) is 25.3 Å². The van der Waals surface area contributed by atoms with Gasteiger partial charge in [0.15, 0.2) is 0 Å². The van der Waals surface area contributed by atoms with E-state index in [9.17, 15) is 4.79 Å². The lowest BCUT2D eigenvalue weighted by Crippen LogP contribution is -2.38. The summed E-state index contributed by atoms with van der Waals surface area (Å²) in [5.74, 6) is 0.547. The minimum Gasteiger partial charge on any atom is -0.324 e. The summed E-state index contributed by atoms with van der Waals surface area (Å²) in [6, 6.07) is 15.9. The molecule has 0 aromatic heterocycles. The van der Waals surface area contributed by atoms with Gasteiger partial charge in [-0.2, -0.15) is 0 Å². The average molecular weight is 363 g/mol. The van der Waals surface area contributed by atoms with Gasteiger partial charge in [0.2, 0.25) is 5.91 Å². The third-order valence-electron chi connectivity index (χ3n) is 4.24. The van der Waals surface area contributed by atoms with Crippen LogP contribution in [0.1, 0.15) is 18.4 Å². The number of hydrogen-bond acceptors (Lipinski definition) is 2. The molecule has 0 heterocycles. The van der Waals surface area contributed by atoms with Crippen LogP contribution < -0.4 is 10.6 Å². The number of rotatable bonds is 7. The molecule has 1 fully saturated rings. The predicted molar refractivity (Wildman–Crippen MR) is 99.8 cm³/mol. The van der Waals surface area contributed by atoms with Crippen LogP contribution in [0.15, 0.2) is 48.5 Å². The summed E-state index contributed by atoms with van der Waals surface area (Å²) in [6.45, 7) is 0.261. The van der Waals surface area contributed by atoms with Gasteiger partial charge in [0.25, 0.3) is 0 Å². The Morgan fingerprint density at radius 1 is 1.08 bits per heavy atom. The first kappa shape index (κ1) is 17.3. The van der Waals surface area contributed by atoms with E-state index in [2.05, 4.69) is 22.8 Å². The fraction of sp³-hybridized carbons (Fsp3) is 0.316. The zero-order chi connectivity index (χ0) is 16.9. The SMILES string of the molecule is O=C(CN[C@H](Cc1ccccc1)C1CC1)Nc1cccc(Cl)c1Cl. The fourth-order valence-corrected chi connectivity index (χ4v) is 3.14. The van der Waals surface area contributed by atoms with Gasteiger partial charge < -0.3 is 10.6 Å². The number of nitrogens with one attached hydrogen (secondary N) is 2. The maximum absolute atomic E-state index is 12.2. The number of halogens is 2. The second-order valence-electron chi connectivity index (χ2n) is 6.16. The second-order valence-corrected chi connectivity index (χ2v) is 6.95. The Morgan fingerprint density at radius 3 is 2.54 bits per heavy atom. The molecule has 0 spiro atoms. The largest absolute Gasteiger partial charge is 0.324 e. The molecule has 1 aliphatic carbocycles. The third kappa shape index (κ3) is 4.73. The zero-order valence-electron chi connectivity index (χ0n) is 13.3. The standard InChI is InChI=1S/C19H20Cl2N2O/c20-15-7-4-8-16(19(15)21)23-18(24)12-22-17(14-9-10-14)11-13-5-2-1-3-6-13/h1-8,14,17,22H,9-12H2,(H,23,24)/t17-/m1/s1. The van der Waals surface area contributed by atoms with E-state index >= 15 is 0 Å². The molecule has 1 atom stereocenters. The molecule has 1 amide bonds. The molecule has 2 aromatic carbocycles. The van der Waals surface area contributed by atoms with E-state index in [0.717, 1.165) is 6.42 Å². The van der Waals surface area contributed by atoms with Gasteiger partial charge in [-0.1, -0.05) is 59.6 Å². The van der Waals surface area contributed by atoms with Gasteiger partial charge in [-0.3, -0.25) is 4.79 Å². The third-order valence-corrected chi connectivity index (χ3v) is 5.06. The fourth-order valence-electron chi connectivity index (χ4n) is 2.79. The summed E-state index contributed by atoms with van der Waals surface area (Å²) < 4.78 is 0. The second kappa shape index (κ2) is 8.02. The highest BCUT2D eigenvalue weighted by molar-refractivity contribution is 6.43. The summed E-state index contributed by atoms with van der Waals surface area (Å²) in [4.78, 5) is 12.2. The van der Waals surface area contributed by atoms with Crippen molar-refractivity contribution < 1.29 is 4.79 Å². The van der Waals surface area contributed by atoms with Gasteiger partial charge in [0, 0.05) is 6.04 Å². The Balaban J connectivity index is 1.54. The van der Waals surface area contributed by atoms with Crippen molar-refractivity contribution in [3.05, 3.63) is 64.1 Å². The Morgan fingerprint density at radius 2 is 1.83 bits per heavy atom. The van der Waals surface area contributed by atoms with Gasteiger partial charge >= 0.3 is 0 Å². The highest BCUT2D eigenvalue weighted by atomic mass is 35.5. The van der Waals surface area contributed by atoms with Crippen LogP contribution in [0.3, 0.4) is 0 Å². The molecular formula is C19H20Cl2N2O. The van der Waals surface area contributed by atoms with E-state index in [4.69, 9.17) is 23.2 Å². The van der Waals surface area contributed by atoms with Gasteiger partial charge in [0.1, 0.15) is 0 Å². The summed E-state index contributed by atoms with van der Waals surface area (Å²) in [7, 11) is 0. The van der Waals surface area contributed by atoms with E-state index in [-0.39, 0.29) is 12.5 Å². The number of hydrogen-bond donors (Lipinski definition) is 2. The topological polar surface area (TPSA) is 41.1 Å². The highest BCUT2D eigenvalue weighted by Gasteiger charge is 2.31. The Bertz CT molecular complexity index is 702. The number of benzene rings is 2. The van der Waals surface area contributed by atoms with Crippen LogP contribution >= 0.6 is 23.2 Å². The van der Waals surface area contributed by atoms with Crippen LogP contribution in [0.25, 0.3) is 0 Å². The number of anilines is 1. The number of carbonyl (C=O) groups excluding carboxylic acids is 1. The molecule has 2 N–H and O–H groups in total. The van der Waals surface area contributed by atoms with Crippen molar-refractivity contribution in [1.29, 1.82) is 0 Å². The van der Waals surface area contributed by atoms with Crippen molar-refractivity contribution in [2.75, 3.05) is 11.9 Å². The lowest BCUT2D eigenvalue weighted by molar-refractivity contribution is -0.115. The molecular weight excluding hydrogens is 343 g/mol. The van der Waals surface area contributed by atoms with Gasteiger partial charge in [0.05, 0.1) is 22.3 Å². The molecule has 24 heavy (non-hydrogen) atoms. The van der Waals surface area contributed by atoms with Crippen LogP contribution in [-0.2, 0) is 11.2 Å². The quantitative estimate of drug-likeness (QED) is 0.758. The van der Waals surface area contributed by atoms with E-state index in [1.54, 1.807) is 18.2 Å². The van der Waals surface area contributed by atoms with Gasteiger partial charge in [-0.15, -0.1) is 0 Å². The molecule has 3 nitrogen and oxygen atoms in total. The average Bonchev–Trinajstić information content (AvgIpc) is 3.42. The van der Waals surface area contributed by atoms with Gasteiger partial charge in [-0.05, 0) is 42.9 Å². The Kier molecular flexibility index (Phi) is 5.77. The minimum absolute atomic E-state index is 0.113. The number of amides is 1. The monoisotopic (exact) mass is 362 g/mol. The molecule has 126 valence electrons. The summed E-state index contributed by atoms with van der Waals surface area (Å²) in [5.41, 5.74) is 1.84. The van der Waals surface area contributed by atoms with Crippen molar-refractivity contribution in [3.63, 3.8) is 0 Å². The van der Waals surface area contributed by atoms with E-state index in [1.807, 2.05) is 18.2 Å². The molecule has 5 heteroatoms. The molecule has 1 saturated carbocycles. The van der Waals surface area contributed by atoms with Gasteiger partial charge in [-0.25, -0.2) is 0 Å². The van der Waals surface area contributed by atoms with Crippen molar-refractivity contribution in [1.82, 2.24) is 5.32 Å². The molecule has 0 aliphatic heterocycles. The van der Waals surface area contributed by atoms with Crippen molar-refractivity contribution >= 4 is 34.8 Å². The highest BCUT2D eigenvalue weighted by Crippen LogP contribution is 2.34. The van der Waals surface area contributed by atoms with E-state index in [0.29, 0.717) is 27.7 Å². The van der Waals surface area contributed by atoms with Crippen LogP contribution in [0.4, 0.5) is 5.69 Å². The summed E-state index contributed by atoms with van der Waals surface area (Å²) in [5, 5.41) is 7.01. The first-order chi connectivity index (χ1) is 11.6. The van der Waals surface area contributed by atoms with Crippen molar-refractivity contribution in [3.8, 4) is 0 Å². The molecule has 0 unspecified atom stereocenters. The maximum atomic E-state index is 12.2. The lowest BCUT2D eigenvalue weighted by atomic mass is 10.0. The summed E-state index contributed by atoms with van der Waals surface area (Å²) in [6.07, 6.45) is 3.40. The number of carbonyl (C=O) groups is 1. The molecule has 2 aromatic rings. The van der Waals surface area contributed by atoms with Crippen LogP contribution in [-0.4, -0.2) is 18.5 Å². The Labute approximate surface area is 152 Å². The van der Waals surface area contributed by atoms with Crippen LogP contribution in [0, 0.1) is 5.92 Å². The predicted octanol–water partition coefficient (Wildman–Crippen LogP) is 4.54. The normalized spacial score (nSPS) is 15.1. The first-order valence-electron chi connectivity index (χ1n) is 8.14. The van der Waals surface area contributed by atoms with E-state index in [1.165, 1.54) is 18.4 Å². The zero-order valence-corrected chi connectivity index (χ0v) is 14.8. The molecule has 0 bridgehead atoms. The van der Waals surface area contributed by atoms with Crippen LogP contribution in [0.2, 0.25) is 10.0 Å². The Hall–Kier alpha value is -1.55. The maximum Gasteiger partial charge on any atom is 0.238 e. The summed E-state index contributed by atoms with van der Waals surface area (Å²) >= 11 is 12.1. The first-order valence-corrected chi connectivity index (χ1v) is 8.90. The van der Waals surface area contributed by atoms with E-state index < -0.39 is 0 Å². The van der Waals surface area contributed by atoms with Crippen molar-refractivity contribution in [2.24, 2.45) is 5.92 Å². The molecule has 0 radical (unpaired) electrons. The molecule has 3 rings (SSSR count). The molecule has 1 aliphatic rings.